The normalized spacial score (nSPS) is 27.4. The van der Waals surface area contributed by atoms with Crippen molar-refractivity contribution in [2.75, 3.05) is 6.54 Å². The first kappa shape index (κ1) is 15.1. The van der Waals surface area contributed by atoms with Crippen LogP contribution < -0.4 is 10.5 Å². The minimum absolute atomic E-state index is 0.232. The average Bonchev–Trinajstić information content (AvgIpc) is 2.39. The van der Waals surface area contributed by atoms with Gasteiger partial charge in [0.2, 0.25) is 0 Å². The second kappa shape index (κ2) is 5.61. The SMILES string of the molecule is NCC1(c2ccc(OC(F)(F)F)cc2)CCC(O)CC1. The summed E-state index contributed by atoms with van der Waals surface area (Å²) in [5.41, 5.74) is 6.51. The molecule has 0 amide bonds. The molecule has 0 saturated heterocycles. The van der Waals surface area contributed by atoms with Crippen molar-refractivity contribution in [2.45, 2.75) is 43.6 Å². The molecule has 0 heterocycles. The van der Waals surface area contributed by atoms with Gasteiger partial charge >= 0.3 is 6.36 Å². The Balaban J connectivity index is 2.15. The molecule has 0 unspecified atom stereocenters. The van der Waals surface area contributed by atoms with Crippen molar-refractivity contribution < 1.29 is 23.0 Å². The lowest BCUT2D eigenvalue weighted by molar-refractivity contribution is -0.274. The first-order chi connectivity index (χ1) is 9.35. The summed E-state index contributed by atoms with van der Waals surface area (Å²) < 4.78 is 40.2. The summed E-state index contributed by atoms with van der Waals surface area (Å²) in [5, 5.41) is 9.57. The maximum absolute atomic E-state index is 12.1. The number of aliphatic hydroxyl groups excluding tert-OH is 1. The van der Waals surface area contributed by atoms with E-state index in [-0.39, 0.29) is 17.3 Å². The van der Waals surface area contributed by atoms with Crippen molar-refractivity contribution in [1.82, 2.24) is 0 Å². The maximum Gasteiger partial charge on any atom is 0.573 e. The fraction of sp³-hybridized carbons (Fsp3) is 0.571. The summed E-state index contributed by atoms with van der Waals surface area (Å²) in [6.45, 7) is 0.416. The van der Waals surface area contributed by atoms with Crippen molar-refractivity contribution in [3.8, 4) is 5.75 Å². The third kappa shape index (κ3) is 3.43. The first-order valence-electron chi connectivity index (χ1n) is 6.59. The number of aliphatic hydroxyl groups is 1. The van der Waals surface area contributed by atoms with Gasteiger partial charge in [0.1, 0.15) is 5.75 Å². The zero-order valence-electron chi connectivity index (χ0n) is 11.0. The molecule has 3 nitrogen and oxygen atoms in total. The van der Waals surface area contributed by atoms with Gasteiger partial charge in [0.05, 0.1) is 6.10 Å². The summed E-state index contributed by atoms with van der Waals surface area (Å²) in [6.07, 6.45) is -2.17. The number of hydrogen-bond donors (Lipinski definition) is 2. The number of nitrogens with two attached hydrogens (primary N) is 1. The molecule has 0 spiro atoms. The van der Waals surface area contributed by atoms with E-state index in [4.69, 9.17) is 5.73 Å². The van der Waals surface area contributed by atoms with Crippen LogP contribution in [-0.4, -0.2) is 24.1 Å². The molecular formula is C14H18F3NO2. The molecule has 0 radical (unpaired) electrons. The number of benzene rings is 1. The fourth-order valence-electron chi connectivity index (χ4n) is 2.78. The van der Waals surface area contributed by atoms with Crippen LogP contribution in [0.5, 0.6) is 5.75 Å². The van der Waals surface area contributed by atoms with Gasteiger partial charge in [-0.15, -0.1) is 13.2 Å². The molecule has 0 atom stereocenters. The van der Waals surface area contributed by atoms with Gasteiger partial charge in [-0.25, -0.2) is 0 Å². The van der Waals surface area contributed by atoms with Crippen molar-refractivity contribution in [1.29, 1.82) is 0 Å². The predicted octanol–water partition coefficient (Wildman–Crippen LogP) is 2.72. The average molecular weight is 289 g/mol. The Morgan fingerprint density at radius 1 is 1.20 bits per heavy atom. The highest BCUT2D eigenvalue weighted by atomic mass is 19.4. The van der Waals surface area contributed by atoms with Crippen molar-refractivity contribution in [2.24, 2.45) is 5.73 Å². The van der Waals surface area contributed by atoms with E-state index in [1.54, 1.807) is 12.1 Å². The van der Waals surface area contributed by atoms with Crippen LogP contribution in [0.15, 0.2) is 24.3 Å². The van der Waals surface area contributed by atoms with Crippen LogP contribution in [0.3, 0.4) is 0 Å². The molecular weight excluding hydrogens is 271 g/mol. The minimum Gasteiger partial charge on any atom is -0.406 e. The van der Waals surface area contributed by atoms with Crippen LogP contribution in [0.25, 0.3) is 0 Å². The number of rotatable bonds is 3. The first-order valence-corrected chi connectivity index (χ1v) is 6.59. The topological polar surface area (TPSA) is 55.5 Å². The monoisotopic (exact) mass is 289 g/mol. The Labute approximate surface area is 115 Å². The standard InChI is InChI=1S/C14H18F3NO2/c15-14(16,17)20-12-3-1-10(2-4-12)13(9-18)7-5-11(19)6-8-13/h1-4,11,19H,5-9,18H2. The van der Waals surface area contributed by atoms with E-state index in [0.29, 0.717) is 19.4 Å². The van der Waals surface area contributed by atoms with Gasteiger partial charge in [-0.3, -0.25) is 0 Å². The van der Waals surface area contributed by atoms with Crippen LogP contribution in [-0.2, 0) is 5.41 Å². The minimum atomic E-state index is -4.68. The molecule has 1 aliphatic rings. The summed E-state index contributed by atoms with van der Waals surface area (Å²) in [4.78, 5) is 0. The molecule has 0 aromatic heterocycles. The molecule has 3 N–H and O–H groups in total. The van der Waals surface area contributed by atoms with E-state index in [2.05, 4.69) is 4.74 Å². The Morgan fingerprint density at radius 2 is 1.75 bits per heavy atom. The number of halogens is 3. The Hall–Kier alpha value is -1.27. The zero-order valence-corrected chi connectivity index (χ0v) is 11.0. The summed E-state index contributed by atoms with van der Waals surface area (Å²) in [6, 6.07) is 5.88. The fourth-order valence-corrected chi connectivity index (χ4v) is 2.78. The van der Waals surface area contributed by atoms with E-state index < -0.39 is 6.36 Å². The summed E-state index contributed by atoms with van der Waals surface area (Å²) >= 11 is 0. The van der Waals surface area contributed by atoms with Crippen LogP contribution in [0.1, 0.15) is 31.2 Å². The second-order valence-electron chi connectivity index (χ2n) is 5.29. The van der Waals surface area contributed by atoms with E-state index in [9.17, 15) is 18.3 Å². The van der Waals surface area contributed by atoms with E-state index >= 15 is 0 Å². The molecule has 20 heavy (non-hydrogen) atoms. The Bertz CT molecular complexity index is 437. The zero-order chi connectivity index (χ0) is 14.8. The molecule has 1 aliphatic carbocycles. The third-order valence-corrected chi connectivity index (χ3v) is 4.00. The lowest BCUT2D eigenvalue weighted by atomic mass is 9.69. The molecule has 0 bridgehead atoms. The molecule has 6 heteroatoms. The van der Waals surface area contributed by atoms with Gasteiger partial charge in [-0.2, -0.15) is 0 Å². The van der Waals surface area contributed by atoms with Gasteiger partial charge in [0, 0.05) is 12.0 Å². The van der Waals surface area contributed by atoms with Crippen molar-refractivity contribution in [3.63, 3.8) is 0 Å². The number of ether oxygens (including phenoxy) is 1. The largest absolute Gasteiger partial charge is 0.573 e. The molecule has 1 saturated carbocycles. The Kier molecular flexibility index (Phi) is 4.25. The van der Waals surface area contributed by atoms with E-state index in [0.717, 1.165) is 18.4 Å². The van der Waals surface area contributed by atoms with Gasteiger partial charge in [-0.05, 0) is 43.4 Å². The predicted molar refractivity (Wildman–Crippen MR) is 68.3 cm³/mol. The van der Waals surface area contributed by atoms with E-state index in [1.165, 1.54) is 12.1 Å². The Morgan fingerprint density at radius 3 is 2.20 bits per heavy atom. The summed E-state index contributed by atoms with van der Waals surface area (Å²) in [5.74, 6) is -0.232. The molecule has 1 aromatic carbocycles. The highest BCUT2D eigenvalue weighted by Crippen LogP contribution is 2.39. The van der Waals surface area contributed by atoms with E-state index in [1.807, 2.05) is 0 Å². The second-order valence-corrected chi connectivity index (χ2v) is 5.29. The lowest BCUT2D eigenvalue weighted by Gasteiger charge is -2.38. The van der Waals surface area contributed by atoms with Crippen LogP contribution >= 0.6 is 0 Å². The lowest BCUT2D eigenvalue weighted by Crippen LogP contribution is -2.40. The van der Waals surface area contributed by atoms with Gasteiger partial charge in [0.15, 0.2) is 0 Å². The molecule has 2 rings (SSSR count). The number of alkyl halides is 3. The highest BCUT2D eigenvalue weighted by Gasteiger charge is 2.36. The van der Waals surface area contributed by atoms with Crippen molar-refractivity contribution in [3.05, 3.63) is 29.8 Å². The van der Waals surface area contributed by atoms with Crippen LogP contribution in [0.2, 0.25) is 0 Å². The molecule has 1 aromatic rings. The van der Waals surface area contributed by atoms with Gasteiger partial charge < -0.3 is 15.6 Å². The molecule has 112 valence electrons. The van der Waals surface area contributed by atoms with Gasteiger partial charge in [0.25, 0.3) is 0 Å². The van der Waals surface area contributed by atoms with Crippen LogP contribution in [0, 0.1) is 0 Å². The maximum atomic E-state index is 12.1. The van der Waals surface area contributed by atoms with Crippen LogP contribution in [0.4, 0.5) is 13.2 Å². The molecule has 1 fully saturated rings. The van der Waals surface area contributed by atoms with Crippen molar-refractivity contribution >= 4 is 0 Å². The number of hydrogen-bond acceptors (Lipinski definition) is 3. The highest BCUT2D eigenvalue weighted by molar-refractivity contribution is 5.33. The smallest absolute Gasteiger partial charge is 0.406 e. The quantitative estimate of drug-likeness (QED) is 0.899. The molecule has 0 aliphatic heterocycles. The summed E-state index contributed by atoms with van der Waals surface area (Å²) in [7, 11) is 0. The third-order valence-electron chi connectivity index (χ3n) is 4.00. The van der Waals surface area contributed by atoms with Gasteiger partial charge in [-0.1, -0.05) is 12.1 Å².